The van der Waals surface area contributed by atoms with E-state index in [0.717, 1.165) is 13.0 Å². The Hall–Kier alpha value is -1.93. The molecule has 3 aliphatic rings. The normalized spacial score (nSPS) is 33.1. The zero-order valence-electron chi connectivity index (χ0n) is 20.3. The van der Waals surface area contributed by atoms with Crippen LogP contribution in [-0.4, -0.2) is 30.2 Å². The maximum Gasteiger partial charge on any atom is 0.0639 e. The predicted octanol–water partition coefficient (Wildman–Crippen LogP) is 6.27. The summed E-state index contributed by atoms with van der Waals surface area (Å²) in [6, 6.07) is 16.2. The van der Waals surface area contributed by atoms with Crippen LogP contribution in [0.1, 0.15) is 67.9 Å². The van der Waals surface area contributed by atoms with Crippen molar-refractivity contribution in [1.29, 1.82) is 0 Å². The topological polar surface area (TPSA) is 15.6 Å². The molecule has 5 rings (SSSR count). The van der Waals surface area contributed by atoms with Crippen LogP contribution in [0.2, 0.25) is 0 Å². The number of hydrogen-bond donors (Lipinski definition) is 0. The van der Waals surface area contributed by atoms with Crippen molar-refractivity contribution in [2.75, 3.05) is 13.6 Å². The standard InChI is InChI=1S/C29H38N2/c1-20-12-13-23-18-25-28(5)15-14-24(30-19-22-10-8-7-9-11-22)27(3,4)29(28,16-17-31(25)6)26(23)21(20)2/h7-13,25H,14-19H2,1-6H3/t25-,28?,29-/m0/s1. The second-order valence-corrected chi connectivity index (χ2v) is 11.2. The Morgan fingerprint density at radius 3 is 2.48 bits per heavy atom. The molecule has 1 saturated heterocycles. The Morgan fingerprint density at radius 2 is 1.74 bits per heavy atom. The highest BCUT2D eigenvalue weighted by molar-refractivity contribution is 5.93. The molecule has 2 aliphatic carbocycles. The van der Waals surface area contributed by atoms with E-state index in [1.165, 1.54) is 48.2 Å². The Bertz CT molecular complexity index is 1030. The largest absolute Gasteiger partial charge is 0.302 e. The molecule has 0 spiro atoms. The molecule has 0 N–H and O–H groups in total. The average Bonchev–Trinajstić information content (AvgIpc) is 2.73. The maximum absolute atomic E-state index is 5.32. The molecule has 0 radical (unpaired) electrons. The fourth-order valence-electron chi connectivity index (χ4n) is 7.90. The summed E-state index contributed by atoms with van der Waals surface area (Å²) in [6.45, 7) is 14.3. The molecule has 1 aliphatic heterocycles. The molecule has 2 bridgehead atoms. The van der Waals surface area contributed by atoms with Gasteiger partial charge in [-0.2, -0.15) is 0 Å². The van der Waals surface area contributed by atoms with Gasteiger partial charge in [-0.05, 0) is 86.4 Å². The van der Waals surface area contributed by atoms with Gasteiger partial charge in [-0.15, -0.1) is 0 Å². The van der Waals surface area contributed by atoms with Gasteiger partial charge in [0.05, 0.1) is 6.54 Å². The van der Waals surface area contributed by atoms with E-state index in [1.54, 1.807) is 11.1 Å². The number of rotatable bonds is 2. The van der Waals surface area contributed by atoms with Gasteiger partial charge in [-0.3, -0.25) is 4.99 Å². The molecule has 1 unspecified atom stereocenters. The lowest BCUT2D eigenvalue weighted by Crippen LogP contribution is -2.72. The molecule has 2 aromatic rings. The van der Waals surface area contributed by atoms with Crippen LogP contribution in [-0.2, 0) is 18.4 Å². The number of likely N-dealkylation sites (tertiary alicyclic amines) is 1. The van der Waals surface area contributed by atoms with Crippen molar-refractivity contribution in [2.45, 2.75) is 78.3 Å². The minimum Gasteiger partial charge on any atom is -0.302 e. The van der Waals surface area contributed by atoms with Gasteiger partial charge in [-0.25, -0.2) is 0 Å². The van der Waals surface area contributed by atoms with E-state index in [1.807, 2.05) is 0 Å². The molecular formula is C29H38N2. The highest BCUT2D eigenvalue weighted by atomic mass is 15.2. The molecule has 2 aromatic carbocycles. The fourth-order valence-corrected chi connectivity index (χ4v) is 7.90. The summed E-state index contributed by atoms with van der Waals surface area (Å²) in [5, 5.41) is 0. The molecule has 3 atom stereocenters. The summed E-state index contributed by atoms with van der Waals surface area (Å²) in [4.78, 5) is 7.98. The van der Waals surface area contributed by atoms with E-state index < -0.39 is 0 Å². The second-order valence-electron chi connectivity index (χ2n) is 11.2. The van der Waals surface area contributed by atoms with Crippen LogP contribution in [0.25, 0.3) is 0 Å². The van der Waals surface area contributed by atoms with Crippen molar-refractivity contribution in [3.8, 4) is 0 Å². The van der Waals surface area contributed by atoms with E-state index in [2.05, 4.69) is 89.0 Å². The summed E-state index contributed by atoms with van der Waals surface area (Å²) in [5.41, 5.74) is 9.46. The SMILES string of the molecule is Cc1ccc2c(c1C)[C@]13CCN(C)[C@@H](C2)C1(C)CCC(=NCc1ccccc1)C3(C)C. The first kappa shape index (κ1) is 20.9. The second kappa shape index (κ2) is 7.04. The molecule has 2 fully saturated rings. The first-order chi connectivity index (χ1) is 14.7. The Morgan fingerprint density at radius 1 is 1.00 bits per heavy atom. The highest BCUT2D eigenvalue weighted by Crippen LogP contribution is 2.68. The van der Waals surface area contributed by atoms with Crippen LogP contribution >= 0.6 is 0 Å². The van der Waals surface area contributed by atoms with Gasteiger partial charge < -0.3 is 4.90 Å². The van der Waals surface area contributed by atoms with Gasteiger partial charge >= 0.3 is 0 Å². The van der Waals surface area contributed by atoms with Crippen molar-refractivity contribution in [3.05, 3.63) is 70.3 Å². The molecule has 164 valence electrons. The Labute approximate surface area is 188 Å². The van der Waals surface area contributed by atoms with Gasteiger partial charge in [0.15, 0.2) is 0 Å². The first-order valence-electron chi connectivity index (χ1n) is 12.1. The van der Waals surface area contributed by atoms with Crippen molar-refractivity contribution >= 4 is 5.71 Å². The number of likely N-dealkylation sites (N-methyl/N-ethyl adjacent to an activating group) is 1. The fraction of sp³-hybridized carbons (Fsp3) is 0.552. The molecule has 0 amide bonds. The predicted molar refractivity (Wildman–Crippen MR) is 131 cm³/mol. The molecule has 2 heteroatoms. The van der Waals surface area contributed by atoms with Crippen LogP contribution in [0.4, 0.5) is 0 Å². The molecule has 1 saturated carbocycles. The third-order valence-electron chi connectivity index (χ3n) is 9.71. The van der Waals surface area contributed by atoms with E-state index in [4.69, 9.17) is 4.99 Å². The number of fused-ring (bicyclic) bond motifs is 1. The summed E-state index contributed by atoms with van der Waals surface area (Å²) < 4.78 is 0. The number of aliphatic imine (C=N–C) groups is 1. The van der Waals surface area contributed by atoms with E-state index in [0.29, 0.717) is 6.04 Å². The third kappa shape index (κ3) is 2.70. The number of piperidine rings is 1. The quantitative estimate of drug-likeness (QED) is 0.565. The number of hydrogen-bond acceptors (Lipinski definition) is 2. The zero-order valence-corrected chi connectivity index (χ0v) is 20.3. The van der Waals surface area contributed by atoms with Crippen LogP contribution in [0, 0.1) is 24.7 Å². The van der Waals surface area contributed by atoms with Gasteiger partial charge in [0.2, 0.25) is 0 Å². The molecule has 0 aromatic heterocycles. The minimum absolute atomic E-state index is 0.0437. The summed E-state index contributed by atoms with van der Waals surface area (Å²) in [6.07, 6.45) is 4.79. The van der Waals surface area contributed by atoms with E-state index >= 15 is 0 Å². The lowest BCUT2D eigenvalue weighted by molar-refractivity contribution is -0.0983. The van der Waals surface area contributed by atoms with Gasteiger partial charge in [-0.1, -0.05) is 63.2 Å². The maximum atomic E-state index is 5.32. The van der Waals surface area contributed by atoms with Gasteiger partial charge in [0.25, 0.3) is 0 Å². The van der Waals surface area contributed by atoms with E-state index in [9.17, 15) is 0 Å². The molecule has 31 heavy (non-hydrogen) atoms. The molecular weight excluding hydrogens is 376 g/mol. The zero-order chi connectivity index (χ0) is 22.0. The summed E-state index contributed by atoms with van der Waals surface area (Å²) in [5.74, 6) is 0. The van der Waals surface area contributed by atoms with Crippen molar-refractivity contribution in [2.24, 2.45) is 15.8 Å². The molecule has 2 nitrogen and oxygen atoms in total. The third-order valence-corrected chi connectivity index (χ3v) is 9.71. The number of nitrogens with zero attached hydrogens (tertiary/aromatic N) is 2. The van der Waals surface area contributed by atoms with Crippen LogP contribution in [0.15, 0.2) is 47.5 Å². The average molecular weight is 415 g/mol. The lowest BCUT2D eigenvalue weighted by atomic mass is 9.37. The minimum atomic E-state index is 0.0437. The monoisotopic (exact) mass is 414 g/mol. The summed E-state index contributed by atoms with van der Waals surface area (Å²) >= 11 is 0. The Kier molecular flexibility index (Phi) is 4.75. The smallest absolute Gasteiger partial charge is 0.0639 e. The van der Waals surface area contributed by atoms with Crippen molar-refractivity contribution in [1.82, 2.24) is 4.90 Å². The number of aryl methyl sites for hydroxylation is 1. The highest BCUT2D eigenvalue weighted by Gasteiger charge is 2.68. The molecule has 1 heterocycles. The van der Waals surface area contributed by atoms with Crippen LogP contribution in [0.3, 0.4) is 0 Å². The van der Waals surface area contributed by atoms with Gasteiger partial charge in [0.1, 0.15) is 0 Å². The van der Waals surface area contributed by atoms with Crippen molar-refractivity contribution < 1.29 is 0 Å². The van der Waals surface area contributed by atoms with Crippen molar-refractivity contribution in [3.63, 3.8) is 0 Å². The van der Waals surface area contributed by atoms with Crippen LogP contribution in [0.5, 0.6) is 0 Å². The van der Waals surface area contributed by atoms with Gasteiger partial charge in [0, 0.05) is 22.6 Å². The number of benzene rings is 2. The van der Waals surface area contributed by atoms with E-state index in [-0.39, 0.29) is 16.2 Å². The lowest BCUT2D eigenvalue weighted by Gasteiger charge is -2.70. The van der Waals surface area contributed by atoms with Crippen LogP contribution < -0.4 is 0 Å². The summed E-state index contributed by atoms with van der Waals surface area (Å²) in [7, 11) is 2.36. The Balaban J connectivity index is 1.70. The first-order valence-corrected chi connectivity index (χ1v) is 12.1.